The van der Waals surface area contributed by atoms with Crippen LogP contribution in [0.1, 0.15) is 17.9 Å². The first-order valence-corrected chi connectivity index (χ1v) is 6.58. The molecule has 2 aromatic rings. The number of carbonyl (C=O) groups excluding carboxylic acids is 2. The van der Waals surface area contributed by atoms with Crippen molar-refractivity contribution in [2.24, 2.45) is 0 Å². The normalized spacial score (nSPS) is 17.5. The Morgan fingerprint density at radius 3 is 3.05 bits per heavy atom. The summed E-state index contributed by atoms with van der Waals surface area (Å²) >= 11 is 1.24. The van der Waals surface area contributed by atoms with E-state index in [1.54, 1.807) is 6.07 Å². The molecule has 2 N–H and O–H groups in total. The molecule has 1 aliphatic heterocycles. The third kappa shape index (κ3) is 2.32. The predicted octanol–water partition coefficient (Wildman–Crippen LogP) is 1.60. The maximum Gasteiger partial charge on any atom is 0.234 e. The highest BCUT2D eigenvalue weighted by Crippen LogP contribution is 2.32. The lowest BCUT2D eigenvalue weighted by Gasteiger charge is -2.24. The van der Waals surface area contributed by atoms with Crippen molar-refractivity contribution in [3.05, 3.63) is 35.3 Å². The molecule has 0 radical (unpaired) electrons. The number of rotatable bonds is 2. The van der Waals surface area contributed by atoms with Crippen LogP contribution >= 0.6 is 11.3 Å². The van der Waals surface area contributed by atoms with E-state index < -0.39 is 5.92 Å². The van der Waals surface area contributed by atoms with Crippen molar-refractivity contribution in [2.75, 3.05) is 10.6 Å². The zero-order valence-electron chi connectivity index (χ0n) is 9.79. The van der Waals surface area contributed by atoms with E-state index >= 15 is 0 Å². The Hall–Kier alpha value is -2.28. The van der Waals surface area contributed by atoms with Gasteiger partial charge in [-0.3, -0.25) is 14.9 Å². The number of nitrogens with one attached hydrogen (secondary N) is 2. The predicted molar refractivity (Wildman–Crippen MR) is 71.0 cm³/mol. The molecule has 0 fully saturated rings. The number of amides is 2. The standard InChI is InChI=1S/C12H10N4O2S/c17-10-5-8(7-3-1-2-4-9(7)14-10)11(18)15-12-16-13-6-19-12/h1-4,6,8H,5H2,(H,14,17)(H,15,16,18). The largest absolute Gasteiger partial charge is 0.326 e. The van der Waals surface area contributed by atoms with E-state index in [1.165, 1.54) is 16.8 Å². The van der Waals surface area contributed by atoms with Gasteiger partial charge in [0.1, 0.15) is 5.51 Å². The first-order chi connectivity index (χ1) is 9.24. The summed E-state index contributed by atoms with van der Waals surface area (Å²) in [6, 6.07) is 7.31. The molecule has 7 heteroatoms. The van der Waals surface area contributed by atoms with Gasteiger partial charge in [-0.05, 0) is 11.6 Å². The summed E-state index contributed by atoms with van der Waals surface area (Å²) in [5.74, 6) is -0.885. The van der Waals surface area contributed by atoms with Crippen LogP contribution in [0.3, 0.4) is 0 Å². The molecule has 6 nitrogen and oxygen atoms in total. The van der Waals surface area contributed by atoms with Crippen LogP contribution < -0.4 is 10.6 Å². The number of fused-ring (bicyclic) bond motifs is 1. The summed E-state index contributed by atoms with van der Waals surface area (Å²) in [5, 5.41) is 13.3. The maximum absolute atomic E-state index is 12.2. The molecule has 19 heavy (non-hydrogen) atoms. The van der Waals surface area contributed by atoms with Gasteiger partial charge in [0, 0.05) is 12.1 Å². The minimum Gasteiger partial charge on any atom is -0.326 e. The molecule has 2 heterocycles. The minimum absolute atomic E-state index is 0.141. The maximum atomic E-state index is 12.2. The quantitative estimate of drug-likeness (QED) is 0.871. The second-order valence-electron chi connectivity index (χ2n) is 4.13. The van der Waals surface area contributed by atoms with Crippen LogP contribution in [0.5, 0.6) is 0 Å². The highest BCUT2D eigenvalue weighted by Gasteiger charge is 2.30. The van der Waals surface area contributed by atoms with Crippen molar-refractivity contribution in [1.82, 2.24) is 10.2 Å². The molecule has 0 bridgehead atoms. The van der Waals surface area contributed by atoms with Crippen LogP contribution in [0.2, 0.25) is 0 Å². The van der Waals surface area contributed by atoms with E-state index in [1.807, 2.05) is 18.2 Å². The van der Waals surface area contributed by atoms with Crippen LogP contribution in [0.25, 0.3) is 0 Å². The van der Waals surface area contributed by atoms with E-state index in [0.29, 0.717) is 10.8 Å². The number of hydrogen-bond acceptors (Lipinski definition) is 5. The number of carbonyl (C=O) groups is 2. The number of nitrogens with zero attached hydrogens (tertiary/aromatic N) is 2. The van der Waals surface area contributed by atoms with Crippen molar-refractivity contribution in [1.29, 1.82) is 0 Å². The Balaban J connectivity index is 1.88. The fourth-order valence-corrected chi connectivity index (χ4v) is 2.51. The van der Waals surface area contributed by atoms with E-state index in [9.17, 15) is 9.59 Å². The van der Waals surface area contributed by atoms with Crippen LogP contribution in [0, 0.1) is 0 Å². The number of hydrogen-bond donors (Lipinski definition) is 2. The van der Waals surface area contributed by atoms with Gasteiger partial charge in [-0.1, -0.05) is 29.5 Å². The van der Waals surface area contributed by atoms with Gasteiger partial charge in [-0.2, -0.15) is 0 Å². The van der Waals surface area contributed by atoms with Gasteiger partial charge >= 0.3 is 0 Å². The van der Waals surface area contributed by atoms with E-state index in [4.69, 9.17) is 0 Å². The van der Waals surface area contributed by atoms with Crippen LogP contribution in [0.15, 0.2) is 29.8 Å². The molecule has 0 spiro atoms. The smallest absolute Gasteiger partial charge is 0.234 e. The van der Waals surface area contributed by atoms with Gasteiger partial charge in [0.2, 0.25) is 16.9 Å². The highest BCUT2D eigenvalue weighted by molar-refractivity contribution is 7.13. The summed E-state index contributed by atoms with van der Waals surface area (Å²) in [4.78, 5) is 23.8. The lowest BCUT2D eigenvalue weighted by Crippen LogP contribution is -2.30. The Bertz CT molecular complexity index is 626. The molecular formula is C12H10N4O2S. The van der Waals surface area contributed by atoms with E-state index in [0.717, 1.165) is 5.56 Å². The van der Waals surface area contributed by atoms with Gasteiger partial charge in [-0.25, -0.2) is 0 Å². The number of para-hydroxylation sites is 1. The molecule has 0 saturated carbocycles. The summed E-state index contributed by atoms with van der Waals surface area (Å²) in [6.07, 6.45) is 0.141. The Labute approximate surface area is 112 Å². The molecule has 0 saturated heterocycles. The number of benzene rings is 1. The molecule has 1 unspecified atom stereocenters. The average molecular weight is 274 g/mol. The van der Waals surface area contributed by atoms with Crippen LogP contribution in [-0.2, 0) is 9.59 Å². The third-order valence-electron chi connectivity index (χ3n) is 2.91. The van der Waals surface area contributed by atoms with Crippen molar-refractivity contribution in [2.45, 2.75) is 12.3 Å². The molecule has 96 valence electrons. The van der Waals surface area contributed by atoms with Crippen LogP contribution in [0.4, 0.5) is 10.8 Å². The van der Waals surface area contributed by atoms with Crippen molar-refractivity contribution in [3.8, 4) is 0 Å². The van der Waals surface area contributed by atoms with Crippen LogP contribution in [-0.4, -0.2) is 22.0 Å². The molecule has 0 aliphatic carbocycles. The number of aromatic nitrogens is 2. The zero-order valence-corrected chi connectivity index (χ0v) is 10.6. The second-order valence-corrected chi connectivity index (χ2v) is 4.96. The molecule has 1 atom stereocenters. The monoisotopic (exact) mass is 274 g/mol. The highest BCUT2D eigenvalue weighted by atomic mass is 32.1. The summed E-state index contributed by atoms with van der Waals surface area (Å²) in [5.41, 5.74) is 3.05. The molecule has 1 aromatic heterocycles. The second kappa shape index (κ2) is 4.77. The van der Waals surface area contributed by atoms with Gasteiger partial charge in [0.05, 0.1) is 5.92 Å². The van der Waals surface area contributed by atoms with Gasteiger partial charge < -0.3 is 5.32 Å². The average Bonchev–Trinajstić information content (AvgIpc) is 2.90. The van der Waals surface area contributed by atoms with E-state index in [2.05, 4.69) is 20.8 Å². The first kappa shape index (κ1) is 11.8. The SMILES string of the molecule is O=C1CC(C(=O)Nc2nncs2)c2ccccc2N1. The Morgan fingerprint density at radius 1 is 1.42 bits per heavy atom. The topological polar surface area (TPSA) is 84.0 Å². The zero-order chi connectivity index (χ0) is 13.2. The molecule has 1 aliphatic rings. The first-order valence-electron chi connectivity index (χ1n) is 5.70. The Kier molecular flexibility index (Phi) is 2.96. The summed E-state index contributed by atoms with van der Waals surface area (Å²) in [7, 11) is 0. The summed E-state index contributed by atoms with van der Waals surface area (Å²) < 4.78 is 0. The third-order valence-corrected chi connectivity index (χ3v) is 3.51. The Morgan fingerprint density at radius 2 is 2.26 bits per heavy atom. The molecular weight excluding hydrogens is 264 g/mol. The molecule has 2 amide bonds. The van der Waals surface area contributed by atoms with Gasteiger partial charge in [-0.15, -0.1) is 10.2 Å². The fourth-order valence-electron chi connectivity index (χ4n) is 2.07. The lowest BCUT2D eigenvalue weighted by molar-refractivity contribution is -0.123. The lowest BCUT2D eigenvalue weighted by atomic mass is 9.90. The van der Waals surface area contributed by atoms with Gasteiger partial charge in [0.25, 0.3) is 0 Å². The fraction of sp³-hybridized carbons (Fsp3) is 0.167. The summed E-state index contributed by atoms with van der Waals surface area (Å²) in [6.45, 7) is 0. The van der Waals surface area contributed by atoms with Gasteiger partial charge in [0.15, 0.2) is 0 Å². The number of anilines is 2. The van der Waals surface area contributed by atoms with E-state index in [-0.39, 0.29) is 18.2 Å². The van der Waals surface area contributed by atoms with Crippen molar-refractivity contribution in [3.63, 3.8) is 0 Å². The van der Waals surface area contributed by atoms with Crippen molar-refractivity contribution < 1.29 is 9.59 Å². The molecule has 1 aromatic carbocycles. The van der Waals surface area contributed by atoms with Crippen molar-refractivity contribution >= 4 is 34.0 Å². The minimum atomic E-state index is -0.492. The molecule has 3 rings (SSSR count).